The maximum Gasteiger partial charge on any atom is 0.252 e. The normalized spacial score (nSPS) is 10.5. The van der Waals surface area contributed by atoms with Gasteiger partial charge in [0.15, 0.2) is 0 Å². The quantitative estimate of drug-likeness (QED) is 0.651. The number of aromatic nitrogens is 1. The Morgan fingerprint density at radius 1 is 1.22 bits per heavy atom. The van der Waals surface area contributed by atoms with E-state index in [0.717, 1.165) is 20.0 Å². The van der Waals surface area contributed by atoms with Crippen molar-refractivity contribution in [2.75, 3.05) is 0 Å². The second kappa shape index (κ2) is 7.77. The molecule has 3 nitrogen and oxygen atoms in total. The molecule has 0 radical (unpaired) electrons. The third kappa shape index (κ3) is 4.43. The predicted octanol–water partition coefficient (Wildman–Crippen LogP) is 4.99. The van der Waals surface area contributed by atoms with Crippen molar-refractivity contribution in [3.63, 3.8) is 0 Å². The number of benzene rings is 1. The summed E-state index contributed by atoms with van der Waals surface area (Å²) in [7, 11) is 0. The van der Waals surface area contributed by atoms with E-state index < -0.39 is 0 Å². The third-order valence-corrected chi connectivity index (χ3v) is 5.31. The molecule has 0 saturated heterocycles. The molecule has 23 heavy (non-hydrogen) atoms. The first-order valence-corrected chi connectivity index (χ1v) is 9.45. The lowest BCUT2D eigenvalue weighted by atomic mass is 10.2. The first-order chi connectivity index (χ1) is 11.2. The SMILES string of the molecule is O=C(NCc1ccsc1)c1ccccc1Sc1ccc(Br)cn1. The lowest BCUT2D eigenvalue weighted by Gasteiger charge is -2.09. The van der Waals surface area contributed by atoms with Crippen LogP contribution in [0.15, 0.2) is 73.8 Å². The molecule has 0 aliphatic rings. The molecule has 1 aromatic carbocycles. The van der Waals surface area contributed by atoms with Crippen molar-refractivity contribution in [1.29, 1.82) is 0 Å². The highest BCUT2D eigenvalue weighted by atomic mass is 79.9. The van der Waals surface area contributed by atoms with Crippen molar-refractivity contribution in [2.45, 2.75) is 16.5 Å². The third-order valence-electron chi connectivity index (χ3n) is 3.08. The average molecular weight is 405 g/mol. The fourth-order valence-electron chi connectivity index (χ4n) is 1.95. The highest BCUT2D eigenvalue weighted by Crippen LogP contribution is 2.29. The number of hydrogen-bond acceptors (Lipinski definition) is 4. The van der Waals surface area contributed by atoms with Crippen LogP contribution >= 0.6 is 39.0 Å². The molecule has 2 heterocycles. The fraction of sp³-hybridized carbons (Fsp3) is 0.0588. The molecule has 0 aliphatic carbocycles. The monoisotopic (exact) mass is 404 g/mol. The van der Waals surface area contributed by atoms with Gasteiger partial charge in [-0.1, -0.05) is 23.9 Å². The van der Waals surface area contributed by atoms with Gasteiger partial charge in [0.05, 0.1) is 5.56 Å². The van der Waals surface area contributed by atoms with Crippen molar-refractivity contribution in [3.05, 3.63) is 75.0 Å². The van der Waals surface area contributed by atoms with Gasteiger partial charge in [-0.25, -0.2) is 4.98 Å². The van der Waals surface area contributed by atoms with Crippen LogP contribution in [0.5, 0.6) is 0 Å². The summed E-state index contributed by atoms with van der Waals surface area (Å²) in [5.41, 5.74) is 1.78. The Balaban J connectivity index is 1.74. The summed E-state index contributed by atoms with van der Waals surface area (Å²) in [6, 6.07) is 13.5. The van der Waals surface area contributed by atoms with E-state index in [1.54, 1.807) is 17.5 Å². The molecule has 1 N–H and O–H groups in total. The minimum Gasteiger partial charge on any atom is -0.348 e. The van der Waals surface area contributed by atoms with Crippen LogP contribution in [0, 0.1) is 0 Å². The zero-order valence-corrected chi connectivity index (χ0v) is 15.2. The van der Waals surface area contributed by atoms with Crippen molar-refractivity contribution in [2.24, 2.45) is 0 Å². The van der Waals surface area contributed by atoms with Gasteiger partial charge in [0.1, 0.15) is 5.03 Å². The Bertz CT molecular complexity index is 789. The zero-order chi connectivity index (χ0) is 16.1. The first kappa shape index (κ1) is 16.2. The summed E-state index contributed by atoms with van der Waals surface area (Å²) < 4.78 is 0.934. The summed E-state index contributed by atoms with van der Waals surface area (Å²) in [5, 5.41) is 7.86. The summed E-state index contributed by atoms with van der Waals surface area (Å²) in [5.74, 6) is -0.0728. The molecular formula is C17H13BrN2OS2. The number of amides is 1. The van der Waals surface area contributed by atoms with Crippen LogP contribution in [0.4, 0.5) is 0 Å². The van der Waals surface area contributed by atoms with Crippen molar-refractivity contribution in [1.82, 2.24) is 10.3 Å². The Morgan fingerprint density at radius 2 is 2.09 bits per heavy atom. The van der Waals surface area contributed by atoms with Crippen LogP contribution in [-0.4, -0.2) is 10.9 Å². The van der Waals surface area contributed by atoms with E-state index in [1.165, 1.54) is 11.8 Å². The van der Waals surface area contributed by atoms with E-state index in [2.05, 4.69) is 26.2 Å². The van der Waals surface area contributed by atoms with E-state index >= 15 is 0 Å². The van der Waals surface area contributed by atoms with Crippen LogP contribution in [0.1, 0.15) is 15.9 Å². The number of rotatable bonds is 5. The van der Waals surface area contributed by atoms with Gasteiger partial charge in [-0.15, -0.1) is 0 Å². The van der Waals surface area contributed by atoms with Gasteiger partial charge in [-0.05, 0) is 62.6 Å². The van der Waals surface area contributed by atoms with E-state index in [1.807, 2.05) is 53.2 Å². The Kier molecular flexibility index (Phi) is 5.48. The predicted molar refractivity (Wildman–Crippen MR) is 98.0 cm³/mol. The minimum absolute atomic E-state index is 0.0728. The highest BCUT2D eigenvalue weighted by Gasteiger charge is 2.12. The molecule has 6 heteroatoms. The second-order valence-electron chi connectivity index (χ2n) is 4.73. The average Bonchev–Trinajstić information content (AvgIpc) is 3.09. The standard InChI is InChI=1S/C17H13BrN2OS2/c18-13-5-6-16(19-10-13)23-15-4-2-1-3-14(15)17(21)20-9-12-7-8-22-11-12/h1-8,10-11H,9H2,(H,20,21). The maximum atomic E-state index is 12.5. The highest BCUT2D eigenvalue weighted by molar-refractivity contribution is 9.10. The lowest BCUT2D eigenvalue weighted by molar-refractivity contribution is 0.0948. The van der Waals surface area contributed by atoms with E-state index in [-0.39, 0.29) is 5.91 Å². The number of hydrogen-bond donors (Lipinski definition) is 1. The number of carbonyl (C=O) groups is 1. The van der Waals surface area contributed by atoms with Crippen LogP contribution in [0.25, 0.3) is 0 Å². The number of halogens is 1. The molecule has 2 aromatic heterocycles. The van der Waals surface area contributed by atoms with Crippen molar-refractivity contribution >= 4 is 44.9 Å². The molecule has 0 bridgehead atoms. The van der Waals surface area contributed by atoms with Gasteiger partial charge < -0.3 is 5.32 Å². The molecule has 0 spiro atoms. The minimum atomic E-state index is -0.0728. The van der Waals surface area contributed by atoms with Crippen molar-refractivity contribution in [3.8, 4) is 0 Å². The lowest BCUT2D eigenvalue weighted by Crippen LogP contribution is -2.23. The van der Waals surface area contributed by atoms with E-state index in [4.69, 9.17) is 0 Å². The van der Waals surface area contributed by atoms with Crippen LogP contribution in [0.3, 0.4) is 0 Å². The fourth-order valence-corrected chi connectivity index (χ4v) is 3.74. The van der Waals surface area contributed by atoms with Crippen molar-refractivity contribution < 1.29 is 4.79 Å². The summed E-state index contributed by atoms with van der Waals surface area (Å²) in [6.45, 7) is 0.540. The first-order valence-electron chi connectivity index (χ1n) is 6.90. The summed E-state index contributed by atoms with van der Waals surface area (Å²) in [6.07, 6.45) is 1.75. The Hall–Kier alpha value is -1.63. The number of nitrogens with zero attached hydrogens (tertiary/aromatic N) is 1. The van der Waals surface area contributed by atoms with Gasteiger partial charge in [-0.3, -0.25) is 4.79 Å². The van der Waals surface area contributed by atoms with E-state index in [9.17, 15) is 4.79 Å². The van der Waals surface area contributed by atoms with Crippen LogP contribution < -0.4 is 5.32 Å². The van der Waals surface area contributed by atoms with Gasteiger partial charge >= 0.3 is 0 Å². The Morgan fingerprint density at radius 3 is 2.83 bits per heavy atom. The Labute approximate surface area is 151 Å². The molecule has 0 aliphatic heterocycles. The van der Waals surface area contributed by atoms with Gasteiger partial charge in [0.25, 0.3) is 5.91 Å². The topological polar surface area (TPSA) is 42.0 Å². The smallest absolute Gasteiger partial charge is 0.252 e. The summed E-state index contributed by atoms with van der Waals surface area (Å²) in [4.78, 5) is 17.7. The molecule has 1 amide bonds. The molecule has 0 saturated carbocycles. The van der Waals surface area contributed by atoms with Crippen LogP contribution in [-0.2, 0) is 6.54 Å². The van der Waals surface area contributed by atoms with Gasteiger partial charge in [-0.2, -0.15) is 11.3 Å². The van der Waals surface area contributed by atoms with Gasteiger partial charge in [0, 0.05) is 22.1 Å². The maximum absolute atomic E-state index is 12.5. The van der Waals surface area contributed by atoms with Gasteiger partial charge in [0.2, 0.25) is 0 Å². The number of thiophene rings is 1. The zero-order valence-electron chi connectivity index (χ0n) is 12.0. The molecular weight excluding hydrogens is 392 g/mol. The molecule has 0 unspecified atom stereocenters. The largest absolute Gasteiger partial charge is 0.348 e. The number of nitrogens with one attached hydrogen (secondary N) is 1. The molecule has 116 valence electrons. The number of carbonyl (C=O) groups excluding carboxylic acids is 1. The molecule has 0 fully saturated rings. The number of pyridine rings is 1. The molecule has 0 atom stereocenters. The second-order valence-corrected chi connectivity index (χ2v) is 7.49. The molecule has 3 aromatic rings. The summed E-state index contributed by atoms with van der Waals surface area (Å²) >= 11 is 6.48. The van der Waals surface area contributed by atoms with Crippen LogP contribution in [0.2, 0.25) is 0 Å². The van der Waals surface area contributed by atoms with E-state index in [0.29, 0.717) is 12.1 Å². The molecule has 3 rings (SSSR count).